The van der Waals surface area contributed by atoms with Crippen LogP contribution < -0.4 is 4.74 Å². The minimum Gasteiger partial charge on any atom is -0.496 e. The van der Waals surface area contributed by atoms with Gasteiger partial charge in [0, 0.05) is 11.6 Å². The molecular formula is C19H24O3. The number of carbonyl (C=O) groups excluding carboxylic acids is 1. The monoisotopic (exact) mass is 300 g/mol. The minimum absolute atomic E-state index is 0.328. The second-order valence-electron chi connectivity index (χ2n) is 5.48. The van der Waals surface area contributed by atoms with Gasteiger partial charge in [0.2, 0.25) is 0 Å². The van der Waals surface area contributed by atoms with Crippen molar-refractivity contribution in [3.63, 3.8) is 0 Å². The van der Waals surface area contributed by atoms with Gasteiger partial charge in [0.05, 0.1) is 7.11 Å². The summed E-state index contributed by atoms with van der Waals surface area (Å²) in [5.74, 6) is 0.437. The molecule has 0 bridgehead atoms. The molecule has 0 spiro atoms. The molecule has 22 heavy (non-hydrogen) atoms. The zero-order valence-corrected chi connectivity index (χ0v) is 14.0. The summed E-state index contributed by atoms with van der Waals surface area (Å²) in [6.45, 7) is 11.3. The first-order chi connectivity index (χ1) is 10.3. The molecule has 0 saturated heterocycles. The van der Waals surface area contributed by atoms with Crippen molar-refractivity contribution in [2.24, 2.45) is 0 Å². The highest BCUT2D eigenvalue weighted by Gasteiger charge is 2.12. The fourth-order valence-corrected chi connectivity index (χ4v) is 1.88. The Labute approximate surface area is 132 Å². The van der Waals surface area contributed by atoms with E-state index in [0.717, 1.165) is 28.0 Å². The molecule has 1 aromatic carbocycles. The van der Waals surface area contributed by atoms with Gasteiger partial charge in [-0.25, -0.2) is 4.79 Å². The number of hydrogen-bond donors (Lipinski definition) is 0. The van der Waals surface area contributed by atoms with Crippen molar-refractivity contribution in [1.82, 2.24) is 0 Å². The number of carbonyl (C=O) groups is 1. The van der Waals surface area contributed by atoms with Crippen molar-refractivity contribution < 1.29 is 14.3 Å². The average molecular weight is 300 g/mol. The maximum absolute atomic E-state index is 11.7. The van der Waals surface area contributed by atoms with E-state index >= 15 is 0 Å². The molecule has 0 heterocycles. The number of ether oxygens (including phenoxy) is 2. The molecule has 1 aromatic rings. The third-order valence-corrected chi connectivity index (χ3v) is 2.97. The predicted molar refractivity (Wildman–Crippen MR) is 90.8 cm³/mol. The number of methoxy groups -OCH3 is 1. The summed E-state index contributed by atoms with van der Waals surface area (Å²) in [6, 6.07) is 5.73. The fraction of sp³-hybridized carbons (Fsp3) is 0.316. The van der Waals surface area contributed by atoms with Crippen molar-refractivity contribution in [2.75, 3.05) is 7.11 Å². The third-order valence-electron chi connectivity index (χ3n) is 2.97. The summed E-state index contributed by atoms with van der Waals surface area (Å²) >= 11 is 0. The third kappa shape index (κ3) is 5.60. The Hall–Kier alpha value is -2.29. The number of benzene rings is 1. The Bertz CT molecular complexity index is 605. The second-order valence-corrected chi connectivity index (χ2v) is 5.48. The normalized spacial score (nSPS) is 11.9. The largest absolute Gasteiger partial charge is 0.496 e. The smallest absolute Gasteiger partial charge is 0.331 e. The first-order valence-electron chi connectivity index (χ1n) is 7.20. The molecule has 0 amide bonds. The SMILES string of the molecule is C=C(C)/C=C/c1cc([C@H](C)OC(=O)C=C(C)C)ccc1OC. The van der Waals surface area contributed by atoms with Gasteiger partial charge in [-0.05, 0) is 45.4 Å². The number of esters is 1. The van der Waals surface area contributed by atoms with Gasteiger partial charge in [0.1, 0.15) is 11.9 Å². The topological polar surface area (TPSA) is 35.5 Å². The quantitative estimate of drug-likeness (QED) is 0.428. The second kappa shape index (κ2) is 8.23. The van der Waals surface area contributed by atoms with Gasteiger partial charge < -0.3 is 9.47 Å². The Morgan fingerprint density at radius 2 is 1.95 bits per heavy atom. The summed E-state index contributed by atoms with van der Waals surface area (Å²) in [5.41, 5.74) is 3.71. The molecule has 1 atom stereocenters. The Balaban J connectivity index is 3.00. The van der Waals surface area contributed by atoms with Gasteiger partial charge in [0.15, 0.2) is 0 Å². The molecule has 118 valence electrons. The molecule has 3 nitrogen and oxygen atoms in total. The first-order valence-corrected chi connectivity index (χ1v) is 7.20. The summed E-state index contributed by atoms with van der Waals surface area (Å²) in [5, 5.41) is 0. The molecular weight excluding hydrogens is 276 g/mol. The maximum atomic E-state index is 11.7. The zero-order valence-electron chi connectivity index (χ0n) is 14.0. The van der Waals surface area contributed by atoms with Gasteiger partial charge in [-0.15, -0.1) is 0 Å². The van der Waals surface area contributed by atoms with Crippen LogP contribution in [0.25, 0.3) is 6.08 Å². The van der Waals surface area contributed by atoms with E-state index in [4.69, 9.17) is 9.47 Å². The lowest BCUT2D eigenvalue weighted by Gasteiger charge is -2.14. The Morgan fingerprint density at radius 3 is 2.50 bits per heavy atom. The summed E-state index contributed by atoms with van der Waals surface area (Å²) in [6.07, 6.45) is 5.02. The van der Waals surface area contributed by atoms with E-state index in [1.54, 1.807) is 7.11 Å². The predicted octanol–water partition coefficient (Wildman–Crippen LogP) is 4.85. The van der Waals surface area contributed by atoms with Crippen LogP contribution in [-0.4, -0.2) is 13.1 Å². The Kier molecular flexibility index (Phi) is 6.64. The van der Waals surface area contributed by atoms with E-state index in [2.05, 4.69) is 6.58 Å². The fourth-order valence-electron chi connectivity index (χ4n) is 1.88. The van der Waals surface area contributed by atoms with Crippen LogP contribution in [0.5, 0.6) is 5.75 Å². The molecule has 0 aliphatic heterocycles. The molecule has 0 radical (unpaired) electrons. The summed E-state index contributed by atoms with van der Waals surface area (Å²) in [7, 11) is 1.63. The van der Waals surface area contributed by atoms with E-state index in [1.807, 2.05) is 58.0 Å². The van der Waals surface area contributed by atoms with Crippen LogP contribution in [0.15, 0.2) is 48.1 Å². The van der Waals surface area contributed by atoms with Crippen LogP contribution in [-0.2, 0) is 9.53 Å². The van der Waals surface area contributed by atoms with Crippen molar-refractivity contribution in [3.05, 3.63) is 59.2 Å². The van der Waals surface area contributed by atoms with Gasteiger partial charge in [-0.3, -0.25) is 0 Å². The molecule has 0 fully saturated rings. The highest BCUT2D eigenvalue weighted by atomic mass is 16.5. The lowest BCUT2D eigenvalue weighted by molar-refractivity contribution is -0.142. The zero-order chi connectivity index (χ0) is 16.7. The minimum atomic E-state index is -0.331. The van der Waals surface area contributed by atoms with E-state index in [0.29, 0.717) is 0 Å². The van der Waals surface area contributed by atoms with Gasteiger partial charge in [-0.2, -0.15) is 0 Å². The van der Waals surface area contributed by atoms with Crippen molar-refractivity contribution in [1.29, 1.82) is 0 Å². The average Bonchev–Trinajstić information content (AvgIpc) is 2.43. The molecule has 0 aliphatic rings. The Morgan fingerprint density at radius 1 is 1.27 bits per heavy atom. The van der Waals surface area contributed by atoms with Gasteiger partial charge in [-0.1, -0.05) is 35.9 Å². The van der Waals surface area contributed by atoms with Crippen molar-refractivity contribution in [2.45, 2.75) is 33.8 Å². The lowest BCUT2D eigenvalue weighted by atomic mass is 10.0. The molecule has 3 heteroatoms. The summed E-state index contributed by atoms with van der Waals surface area (Å²) < 4.78 is 10.8. The number of allylic oxidation sites excluding steroid dienone is 3. The number of rotatable bonds is 6. The highest BCUT2D eigenvalue weighted by molar-refractivity contribution is 5.82. The van der Waals surface area contributed by atoms with Crippen LogP contribution in [0.2, 0.25) is 0 Å². The molecule has 0 aromatic heterocycles. The van der Waals surface area contributed by atoms with Gasteiger partial charge in [0.25, 0.3) is 0 Å². The van der Waals surface area contributed by atoms with Gasteiger partial charge >= 0.3 is 5.97 Å². The number of hydrogen-bond acceptors (Lipinski definition) is 3. The molecule has 0 aliphatic carbocycles. The van der Waals surface area contributed by atoms with Crippen LogP contribution in [0.3, 0.4) is 0 Å². The highest BCUT2D eigenvalue weighted by Crippen LogP contribution is 2.26. The maximum Gasteiger partial charge on any atom is 0.331 e. The molecule has 0 N–H and O–H groups in total. The standard InChI is InChI=1S/C19H24O3/c1-13(2)7-8-17-12-16(9-10-18(17)21-6)15(5)22-19(20)11-14(3)4/h7-12,15H,1H2,2-6H3/b8-7+/t15-/m0/s1. The molecule has 1 rings (SSSR count). The lowest BCUT2D eigenvalue weighted by Crippen LogP contribution is -2.07. The van der Waals surface area contributed by atoms with E-state index < -0.39 is 0 Å². The van der Waals surface area contributed by atoms with Crippen LogP contribution in [0.1, 0.15) is 44.9 Å². The first kappa shape index (κ1) is 17.8. The van der Waals surface area contributed by atoms with Crippen LogP contribution in [0.4, 0.5) is 0 Å². The van der Waals surface area contributed by atoms with Crippen molar-refractivity contribution >= 4 is 12.0 Å². The van der Waals surface area contributed by atoms with E-state index in [9.17, 15) is 4.79 Å². The van der Waals surface area contributed by atoms with E-state index in [1.165, 1.54) is 6.08 Å². The molecule has 0 unspecified atom stereocenters. The summed E-state index contributed by atoms with van der Waals surface area (Å²) in [4.78, 5) is 11.7. The van der Waals surface area contributed by atoms with Crippen LogP contribution in [0, 0.1) is 0 Å². The van der Waals surface area contributed by atoms with Crippen molar-refractivity contribution in [3.8, 4) is 5.75 Å². The molecule has 0 saturated carbocycles. The van der Waals surface area contributed by atoms with Crippen LogP contribution >= 0.6 is 0 Å². The van der Waals surface area contributed by atoms with E-state index in [-0.39, 0.29) is 12.1 Å².